The molecule has 0 bridgehead atoms. The van der Waals surface area contributed by atoms with E-state index in [0.717, 1.165) is 28.9 Å². The second-order valence-corrected chi connectivity index (χ2v) is 5.89. The fourth-order valence-corrected chi connectivity index (χ4v) is 2.38. The van der Waals surface area contributed by atoms with Gasteiger partial charge in [-0.3, -0.25) is 4.79 Å². The van der Waals surface area contributed by atoms with Gasteiger partial charge < -0.3 is 15.2 Å². The van der Waals surface area contributed by atoms with Gasteiger partial charge in [-0.25, -0.2) is 4.79 Å². The van der Waals surface area contributed by atoms with Gasteiger partial charge in [0.05, 0.1) is 18.6 Å². The smallest absolute Gasteiger partial charge is 0.335 e. The van der Waals surface area contributed by atoms with Crippen LogP contribution in [0.5, 0.6) is 5.75 Å². The van der Waals surface area contributed by atoms with E-state index >= 15 is 0 Å². The lowest BCUT2D eigenvalue weighted by atomic mass is 10.1. The van der Waals surface area contributed by atoms with Crippen LogP contribution in [0.2, 0.25) is 0 Å². The molecule has 25 heavy (non-hydrogen) atoms. The summed E-state index contributed by atoms with van der Waals surface area (Å²) < 4.78 is 5.59. The number of carboxylic acid groups (broad SMARTS) is 1. The van der Waals surface area contributed by atoms with E-state index in [0.29, 0.717) is 13.2 Å². The Morgan fingerprint density at radius 1 is 1.12 bits per heavy atom. The van der Waals surface area contributed by atoms with Crippen LogP contribution in [0.3, 0.4) is 0 Å². The van der Waals surface area contributed by atoms with Crippen LogP contribution >= 0.6 is 0 Å². The molecule has 5 heteroatoms. The summed E-state index contributed by atoms with van der Waals surface area (Å²) in [6, 6.07) is 12.2. The van der Waals surface area contributed by atoms with Crippen molar-refractivity contribution in [2.24, 2.45) is 0 Å². The van der Waals surface area contributed by atoms with Crippen LogP contribution in [0.15, 0.2) is 42.5 Å². The van der Waals surface area contributed by atoms with Crippen molar-refractivity contribution in [2.45, 2.75) is 33.2 Å². The van der Waals surface area contributed by atoms with Crippen molar-refractivity contribution in [3.05, 3.63) is 64.7 Å². The summed E-state index contributed by atoms with van der Waals surface area (Å²) in [5.74, 6) is -0.237. The first-order chi connectivity index (χ1) is 12.0. The average Bonchev–Trinajstić information content (AvgIpc) is 2.59. The molecule has 5 nitrogen and oxygen atoms in total. The number of carbonyl (C=O) groups is 2. The Balaban J connectivity index is 1.88. The molecule has 0 atom stereocenters. The Hall–Kier alpha value is -2.82. The molecular weight excluding hydrogens is 318 g/mol. The van der Waals surface area contributed by atoms with Crippen LogP contribution < -0.4 is 10.1 Å². The van der Waals surface area contributed by atoms with E-state index in [9.17, 15) is 9.59 Å². The quantitative estimate of drug-likeness (QED) is 0.772. The maximum atomic E-state index is 12.1. The number of aryl methyl sites for hydroxylation is 1. The zero-order chi connectivity index (χ0) is 18.2. The van der Waals surface area contributed by atoms with E-state index in [4.69, 9.17) is 9.84 Å². The highest BCUT2D eigenvalue weighted by molar-refractivity contribution is 5.87. The zero-order valence-electron chi connectivity index (χ0n) is 14.5. The van der Waals surface area contributed by atoms with Crippen LogP contribution in [-0.4, -0.2) is 23.6 Å². The molecule has 0 unspecified atom stereocenters. The molecule has 0 fully saturated rings. The number of rotatable bonds is 8. The van der Waals surface area contributed by atoms with E-state index in [-0.39, 0.29) is 17.9 Å². The normalized spacial score (nSPS) is 10.3. The molecule has 0 saturated carbocycles. The Kier molecular flexibility index (Phi) is 6.57. The maximum Gasteiger partial charge on any atom is 0.335 e. The minimum absolute atomic E-state index is 0.103. The van der Waals surface area contributed by atoms with Crippen molar-refractivity contribution < 1.29 is 19.4 Å². The molecule has 132 valence electrons. The topological polar surface area (TPSA) is 75.6 Å². The van der Waals surface area contributed by atoms with E-state index in [2.05, 4.69) is 12.2 Å². The van der Waals surface area contributed by atoms with Crippen LogP contribution in [0.4, 0.5) is 0 Å². The molecule has 2 aromatic rings. The SMILES string of the molecule is CCCOc1ccc(CNC(=O)Cc2ccc(C(=O)O)cc2)c(C)c1. The molecule has 2 aromatic carbocycles. The van der Waals surface area contributed by atoms with Crippen molar-refractivity contribution in [1.29, 1.82) is 0 Å². The summed E-state index contributed by atoms with van der Waals surface area (Å²) in [5, 5.41) is 11.8. The van der Waals surface area contributed by atoms with Crippen molar-refractivity contribution in [2.75, 3.05) is 6.61 Å². The Bertz CT molecular complexity index is 738. The van der Waals surface area contributed by atoms with Gasteiger partial charge in [-0.2, -0.15) is 0 Å². The third-order valence-electron chi connectivity index (χ3n) is 3.83. The van der Waals surface area contributed by atoms with Gasteiger partial charge in [0.2, 0.25) is 5.91 Å². The van der Waals surface area contributed by atoms with E-state index < -0.39 is 5.97 Å². The summed E-state index contributed by atoms with van der Waals surface area (Å²) in [6.45, 7) is 5.19. The van der Waals surface area contributed by atoms with Gasteiger partial charge in [0.25, 0.3) is 0 Å². The van der Waals surface area contributed by atoms with Crippen molar-refractivity contribution in [1.82, 2.24) is 5.32 Å². The summed E-state index contributed by atoms with van der Waals surface area (Å²) in [6.07, 6.45) is 1.18. The van der Waals surface area contributed by atoms with Crippen molar-refractivity contribution in [3.63, 3.8) is 0 Å². The Morgan fingerprint density at radius 3 is 2.44 bits per heavy atom. The van der Waals surface area contributed by atoms with Gasteiger partial charge >= 0.3 is 5.97 Å². The minimum Gasteiger partial charge on any atom is -0.494 e. The molecule has 0 saturated heterocycles. The molecule has 0 aliphatic rings. The summed E-state index contributed by atoms with van der Waals surface area (Å²) in [5.41, 5.74) is 3.10. The minimum atomic E-state index is -0.974. The number of amides is 1. The number of benzene rings is 2. The third-order valence-corrected chi connectivity index (χ3v) is 3.83. The maximum absolute atomic E-state index is 12.1. The molecule has 0 spiro atoms. The first kappa shape index (κ1) is 18.5. The second-order valence-electron chi connectivity index (χ2n) is 5.89. The van der Waals surface area contributed by atoms with Crippen LogP contribution in [0, 0.1) is 6.92 Å². The first-order valence-corrected chi connectivity index (χ1v) is 8.31. The zero-order valence-corrected chi connectivity index (χ0v) is 14.5. The number of aromatic carboxylic acids is 1. The number of nitrogens with one attached hydrogen (secondary N) is 1. The monoisotopic (exact) mass is 341 g/mol. The fourth-order valence-electron chi connectivity index (χ4n) is 2.38. The fraction of sp³-hybridized carbons (Fsp3) is 0.300. The number of hydrogen-bond donors (Lipinski definition) is 2. The lowest BCUT2D eigenvalue weighted by Crippen LogP contribution is -2.24. The van der Waals surface area contributed by atoms with Gasteiger partial charge in [-0.1, -0.05) is 25.1 Å². The molecule has 0 radical (unpaired) electrons. The van der Waals surface area contributed by atoms with Gasteiger partial charge in [0, 0.05) is 6.54 Å². The highest BCUT2D eigenvalue weighted by Crippen LogP contribution is 2.17. The molecule has 0 aromatic heterocycles. The van der Waals surface area contributed by atoms with Crippen molar-refractivity contribution in [3.8, 4) is 5.75 Å². The van der Waals surface area contributed by atoms with Gasteiger partial charge in [0.1, 0.15) is 5.75 Å². The molecule has 0 aliphatic heterocycles. The number of carboxylic acids is 1. The molecule has 0 heterocycles. The highest BCUT2D eigenvalue weighted by atomic mass is 16.5. The molecule has 0 aliphatic carbocycles. The number of hydrogen-bond acceptors (Lipinski definition) is 3. The second kappa shape index (κ2) is 8.87. The lowest BCUT2D eigenvalue weighted by molar-refractivity contribution is -0.120. The summed E-state index contributed by atoms with van der Waals surface area (Å²) >= 11 is 0. The predicted molar refractivity (Wildman–Crippen MR) is 95.9 cm³/mol. The average molecular weight is 341 g/mol. The van der Waals surface area contributed by atoms with E-state index in [1.165, 1.54) is 12.1 Å². The summed E-state index contributed by atoms with van der Waals surface area (Å²) in [4.78, 5) is 22.9. The van der Waals surface area contributed by atoms with Gasteiger partial charge in [-0.05, 0) is 54.3 Å². The van der Waals surface area contributed by atoms with Crippen LogP contribution in [0.1, 0.15) is 40.4 Å². The lowest BCUT2D eigenvalue weighted by Gasteiger charge is -2.11. The third kappa shape index (κ3) is 5.64. The van der Waals surface area contributed by atoms with Crippen LogP contribution in [0.25, 0.3) is 0 Å². The number of ether oxygens (including phenoxy) is 1. The number of carbonyl (C=O) groups excluding carboxylic acids is 1. The first-order valence-electron chi connectivity index (χ1n) is 8.31. The predicted octanol–water partition coefficient (Wildman–Crippen LogP) is 3.34. The Morgan fingerprint density at radius 2 is 1.84 bits per heavy atom. The van der Waals surface area contributed by atoms with Gasteiger partial charge in [0.15, 0.2) is 0 Å². The Labute approximate surface area is 147 Å². The van der Waals surface area contributed by atoms with E-state index in [1.54, 1.807) is 12.1 Å². The molecule has 2 rings (SSSR count). The summed E-state index contributed by atoms with van der Waals surface area (Å²) in [7, 11) is 0. The van der Waals surface area contributed by atoms with E-state index in [1.807, 2.05) is 25.1 Å². The van der Waals surface area contributed by atoms with Gasteiger partial charge in [-0.15, -0.1) is 0 Å². The molecule has 1 amide bonds. The van der Waals surface area contributed by atoms with Crippen LogP contribution in [-0.2, 0) is 17.8 Å². The van der Waals surface area contributed by atoms with Crippen molar-refractivity contribution >= 4 is 11.9 Å². The molecule has 2 N–H and O–H groups in total. The molecular formula is C20H23NO4. The standard InChI is InChI=1S/C20H23NO4/c1-3-10-25-18-9-8-17(14(2)11-18)13-21-19(22)12-15-4-6-16(7-5-15)20(23)24/h4-9,11H,3,10,12-13H2,1-2H3,(H,21,22)(H,23,24). The highest BCUT2D eigenvalue weighted by Gasteiger charge is 2.07. The largest absolute Gasteiger partial charge is 0.494 e.